The van der Waals surface area contributed by atoms with Crippen LogP contribution in [0.15, 0.2) is 0 Å². The van der Waals surface area contributed by atoms with E-state index < -0.39 is 12.3 Å². The number of hydrogen-bond acceptors (Lipinski definition) is 4. The molecule has 0 saturated carbocycles. The maximum absolute atomic E-state index is 10.1. The topological polar surface area (TPSA) is 51.4 Å². The van der Waals surface area contributed by atoms with Gasteiger partial charge in [-0.05, 0) is 0 Å². The van der Waals surface area contributed by atoms with Crippen molar-refractivity contribution in [3.63, 3.8) is 0 Å². The molecule has 1 aliphatic rings. The number of methoxy groups -OCH3 is 1. The van der Waals surface area contributed by atoms with Crippen LogP contribution in [0.2, 0.25) is 0 Å². The van der Waals surface area contributed by atoms with Crippen molar-refractivity contribution in [3.05, 3.63) is 0 Å². The molecule has 1 saturated heterocycles. The maximum atomic E-state index is 10.1. The van der Waals surface area contributed by atoms with Crippen molar-refractivity contribution in [1.29, 1.82) is 0 Å². The minimum Gasteiger partial charge on any atom is -0.465 e. The van der Waals surface area contributed by atoms with Crippen molar-refractivity contribution >= 4 is 5.97 Å². The summed E-state index contributed by atoms with van der Waals surface area (Å²) in [5.41, 5.74) is 0. The van der Waals surface area contributed by atoms with Crippen molar-refractivity contribution in [3.8, 4) is 0 Å². The van der Waals surface area contributed by atoms with Gasteiger partial charge in [0.2, 0.25) is 0 Å². The third kappa shape index (κ3) is 0.880. The first-order valence-corrected chi connectivity index (χ1v) is 1.74. The summed E-state index contributed by atoms with van der Waals surface area (Å²) in [6.07, 6.45) is -0.745. The molecule has 4 heteroatoms. The molecule has 0 atom stereocenters. The van der Waals surface area contributed by atoms with Crippen LogP contribution in [-0.2, 0) is 19.3 Å². The third-order valence-electron chi connectivity index (χ3n) is 0.586. The molecule has 1 fully saturated rings. The molecule has 0 aromatic rings. The molecule has 1 rings (SSSR count). The Morgan fingerprint density at radius 3 is 2.43 bits per heavy atom. The first-order chi connectivity index (χ1) is 3.34. The van der Waals surface area contributed by atoms with Gasteiger partial charge in [-0.25, -0.2) is 4.79 Å². The van der Waals surface area contributed by atoms with Crippen LogP contribution in [0.5, 0.6) is 0 Å². The SMILES string of the molecule is COC(=O)C1OO1. The molecule has 1 aliphatic heterocycles. The highest BCUT2D eigenvalue weighted by molar-refractivity contribution is 5.73. The molecular formula is C3H4O4. The molecule has 0 unspecified atom stereocenters. The van der Waals surface area contributed by atoms with E-state index in [0.717, 1.165) is 0 Å². The van der Waals surface area contributed by atoms with E-state index in [0.29, 0.717) is 0 Å². The van der Waals surface area contributed by atoms with Crippen LogP contribution in [0.1, 0.15) is 0 Å². The summed E-state index contributed by atoms with van der Waals surface area (Å²) in [6.45, 7) is 0. The van der Waals surface area contributed by atoms with Gasteiger partial charge >= 0.3 is 12.3 Å². The van der Waals surface area contributed by atoms with E-state index in [1.54, 1.807) is 0 Å². The van der Waals surface area contributed by atoms with E-state index in [-0.39, 0.29) is 0 Å². The predicted molar refractivity (Wildman–Crippen MR) is 18.0 cm³/mol. The largest absolute Gasteiger partial charge is 0.465 e. The van der Waals surface area contributed by atoms with Crippen LogP contribution >= 0.6 is 0 Å². The second-order valence-electron chi connectivity index (χ2n) is 1.05. The second-order valence-corrected chi connectivity index (χ2v) is 1.05. The number of carbonyl (C=O) groups is 1. The Morgan fingerprint density at radius 1 is 1.71 bits per heavy atom. The Hall–Kier alpha value is -0.610. The molecular weight excluding hydrogens is 100 g/mol. The van der Waals surface area contributed by atoms with Crippen LogP contribution in [0.3, 0.4) is 0 Å². The Bertz CT molecular complexity index is 84.9. The van der Waals surface area contributed by atoms with Crippen LogP contribution in [0.4, 0.5) is 0 Å². The van der Waals surface area contributed by atoms with Crippen LogP contribution in [-0.4, -0.2) is 19.4 Å². The fourth-order valence-corrected chi connectivity index (χ4v) is 0.203. The third-order valence-corrected chi connectivity index (χ3v) is 0.586. The van der Waals surface area contributed by atoms with Crippen molar-refractivity contribution in [2.75, 3.05) is 7.11 Å². The minimum absolute atomic E-state index is 0.486. The molecule has 0 aromatic heterocycles. The fourth-order valence-electron chi connectivity index (χ4n) is 0.203. The van der Waals surface area contributed by atoms with Gasteiger partial charge in [-0.3, -0.25) is 0 Å². The summed E-state index contributed by atoms with van der Waals surface area (Å²) in [5, 5.41) is 0. The molecule has 0 bridgehead atoms. The Morgan fingerprint density at radius 2 is 2.29 bits per heavy atom. The Balaban J connectivity index is 2.24. The molecule has 40 valence electrons. The number of hydrogen-bond donors (Lipinski definition) is 0. The van der Waals surface area contributed by atoms with Gasteiger partial charge in [-0.1, -0.05) is 0 Å². The maximum Gasteiger partial charge on any atom is 0.369 e. The second kappa shape index (κ2) is 1.48. The normalized spacial score (nSPS) is 19.0. The van der Waals surface area contributed by atoms with Gasteiger partial charge in [0.25, 0.3) is 0 Å². The summed E-state index contributed by atoms with van der Waals surface area (Å²) in [4.78, 5) is 18.3. The van der Waals surface area contributed by atoms with Gasteiger partial charge in [-0.15, -0.1) is 0 Å². The minimum atomic E-state index is -0.745. The van der Waals surface area contributed by atoms with Crippen LogP contribution < -0.4 is 0 Å². The number of esters is 1. The number of carbonyl (C=O) groups excluding carboxylic acids is 1. The predicted octanol–water partition coefficient (Wildman–Crippen LogP) is -0.553. The Labute approximate surface area is 39.9 Å². The standard InChI is InChI=1S/C3H4O4/c1-5-2(4)3-6-7-3/h3H,1H3. The summed E-state index contributed by atoms with van der Waals surface area (Å²) in [5.74, 6) is -0.486. The molecule has 0 radical (unpaired) electrons. The highest BCUT2D eigenvalue weighted by atomic mass is 17.4. The van der Waals surface area contributed by atoms with Gasteiger partial charge in [0.15, 0.2) is 0 Å². The lowest BCUT2D eigenvalue weighted by atomic mass is 10.7. The van der Waals surface area contributed by atoms with Crippen molar-refractivity contribution in [1.82, 2.24) is 0 Å². The van der Waals surface area contributed by atoms with Crippen molar-refractivity contribution in [2.24, 2.45) is 0 Å². The van der Waals surface area contributed by atoms with E-state index in [1.165, 1.54) is 7.11 Å². The van der Waals surface area contributed by atoms with E-state index in [1.807, 2.05) is 0 Å². The van der Waals surface area contributed by atoms with Crippen LogP contribution in [0.25, 0.3) is 0 Å². The first-order valence-electron chi connectivity index (χ1n) is 1.74. The summed E-state index contributed by atoms with van der Waals surface area (Å²) in [7, 11) is 1.27. The van der Waals surface area contributed by atoms with E-state index in [4.69, 9.17) is 0 Å². The first kappa shape index (κ1) is 4.55. The zero-order chi connectivity index (χ0) is 5.28. The quantitative estimate of drug-likeness (QED) is 0.254. The molecule has 0 spiro atoms. The number of ether oxygens (including phenoxy) is 1. The molecule has 0 aromatic carbocycles. The fraction of sp³-hybridized carbons (Fsp3) is 0.667. The van der Waals surface area contributed by atoms with E-state index >= 15 is 0 Å². The van der Waals surface area contributed by atoms with Gasteiger partial charge in [0.05, 0.1) is 7.11 Å². The highest BCUT2D eigenvalue weighted by Gasteiger charge is 2.35. The molecule has 1 heterocycles. The molecule has 4 nitrogen and oxygen atoms in total. The molecule has 0 amide bonds. The summed E-state index contributed by atoms with van der Waals surface area (Å²) < 4.78 is 4.19. The van der Waals surface area contributed by atoms with E-state index in [9.17, 15) is 4.79 Å². The van der Waals surface area contributed by atoms with Crippen molar-refractivity contribution < 1.29 is 19.3 Å². The average Bonchev–Trinajstić information content (AvgIpc) is 2.44. The lowest BCUT2D eigenvalue weighted by Gasteiger charge is -1.84. The molecule has 0 N–H and O–H groups in total. The molecule has 0 aliphatic carbocycles. The summed E-state index contributed by atoms with van der Waals surface area (Å²) >= 11 is 0. The van der Waals surface area contributed by atoms with Crippen molar-refractivity contribution in [2.45, 2.75) is 6.29 Å². The van der Waals surface area contributed by atoms with Gasteiger partial charge in [0, 0.05) is 0 Å². The summed E-state index contributed by atoms with van der Waals surface area (Å²) in [6, 6.07) is 0. The lowest BCUT2D eigenvalue weighted by molar-refractivity contribution is -0.142. The number of rotatable bonds is 1. The molecule has 7 heavy (non-hydrogen) atoms. The smallest absolute Gasteiger partial charge is 0.369 e. The highest BCUT2D eigenvalue weighted by Crippen LogP contribution is 2.12. The average molecular weight is 104 g/mol. The van der Waals surface area contributed by atoms with E-state index in [2.05, 4.69) is 14.5 Å². The Kier molecular flexibility index (Phi) is 0.958. The van der Waals surface area contributed by atoms with Crippen LogP contribution in [0, 0.1) is 0 Å². The van der Waals surface area contributed by atoms with Gasteiger partial charge in [-0.2, -0.15) is 9.78 Å². The zero-order valence-electron chi connectivity index (χ0n) is 3.71. The van der Waals surface area contributed by atoms with Gasteiger partial charge < -0.3 is 4.74 Å². The monoisotopic (exact) mass is 104 g/mol. The van der Waals surface area contributed by atoms with Gasteiger partial charge in [0.1, 0.15) is 0 Å². The zero-order valence-corrected chi connectivity index (χ0v) is 3.71. The lowest BCUT2D eigenvalue weighted by Crippen LogP contribution is -2.06.